The molecule has 3 aliphatic rings. The first-order valence-electron chi connectivity index (χ1n) is 12.2. The molecule has 0 bridgehead atoms. The van der Waals surface area contributed by atoms with Crippen molar-refractivity contribution in [3.05, 3.63) is 41.2 Å². The predicted octanol–water partition coefficient (Wildman–Crippen LogP) is 1.27. The van der Waals surface area contributed by atoms with E-state index in [0.717, 1.165) is 49.4 Å². The van der Waals surface area contributed by atoms with Crippen LogP contribution < -0.4 is 5.32 Å². The topological polar surface area (TPSA) is 147 Å². The number of nitrogens with zero attached hydrogens (tertiary/aromatic N) is 5. The molecule has 2 N–H and O–H groups in total. The van der Waals surface area contributed by atoms with Gasteiger partial charge in [-0.15, -0.1) is 5.10 Å². The Labute approximate surface area is 220 Å². The summed E-state index contributed by atoms with van der Waals surface area (Å²) in [5.74, 6) is -3.63. The molecule has 1 aromatic carbocycles. The molecule has 0 radical (unpaired) electrons. The van der Waals surface area contributed by atoms with E-state index in [1.807, 2.05) is 18.3 Å². The Morgan fingerprint density at radius 3 is 2.49 bits per heavy atom. The molecular formula is C24H27F3N6O6. The lowest BCUT2D eigenvalue weighted by atomic mass is 10.0. The first-order valence-corrected chi connectivity index (χ1v) is 12.2. The minimum Gasteiger partial charge on any atom is -0.475 e. The number of rotatable bonds is 5. The normalized spacial score (nSPS) is 20.4. The monoisotopic (exact) mass is 552 g/mol. The number of carboxylic acids is 1. The number of alkyl halides is 3. The number of piperidine rings is 2. The highest BCUT2D eigenvalue weighted by Crippen LogP contribution is 2.29. The molecule has 12 nitrogen and oxygen atoms in total. The summed E-state index contributed by atoms with van der Waals surface area (Å²) in [4.78, 5) is 49.3. The number of ether oxygens (including phenoxy) is 1. The largest absolute Gasteiger partial charge is 0.490 e. The molecule has 0 saturated carbocycles. The smallest absolute Gasteiger partial charge is 0.475 e. The van der Waals surface area contributed by atoms with E-state index in [0.29, 0.717) is 24.6 Å². The molecule has 39 heavy (non-hydrogen) atoms. The second-order valence-corrected chi connectivity index (χ2v) is 9.41. The molecule has 0 aliphatic carbocycles. The maximum Gasteiger partial charge on any atom is 0.490 e. The Hall–Kier alpha value is -3.85. The highest BCUT2D eigenvalue weighted by molar-refractivity contribution is 6.05. The first-order chi connectivity index (χ1) is 18.5. The van der Waals surface area contributed by atoms with Crippen molar-refractivity contribution in [3.63, 3.8) is 0 Å². The van der Waals surface area contributed by atoms with Crippen LogP contribution in [-0.2, 0) is 32.2 Å². The van der Waals surface area contributed by atoms with Crippen LogP contribution in [0.5, 0.6) is 0 Å². The maximum absolute atomic E-state index is 12.9. The van der Waals surface area contributed by atoms with Crippen LogP contribution in [0.3, 0.4) is 0 Å². The SMILES string of the molecule is COC1CCN(Cc2cn(-c3ccc4c(c3)CN(C3CCC(=O)NC3=O)C4=O)nn2)CC1.O=C(O)C(F)(F)F. The predicted molar refractivity (Wildman–Crippen MR) is 126 cm³/mol. The van der Waals surface area contributed by atoms with Crippen LogP contribution in [0.1, 0.15) is 47.3 Å². The van der Waals surface area contributed by atoms with Crippen molar-refractivity contribution in [2.45, 2.75) is 57.1 Å². The Morgan fingerprint density at radius 1 is 1.18 bits per heavy atom. The second-order valence-electron chi connectivity index (χ2n) is 9.41. The van der Waals surface area contributed by atoms with Gasteiger partial charge >= 0.3 is 12.1 Å². The van der Waals surface area contributed by atoms with Gasteiger partial charge in [-0.25, -0.2) is 9.48 Å². The number of aromatic nitrogens is 3. The number of methoxy groups -OCH3 is 1. The van der Waals surface area contributed by atoms with Gasteiger partial charge in [-0.1, -0.05) is 5.21 Å². The van der Waals surface area contributed by atoms with Gasteiger partial charge in [-0.05, 0) is 43.0 Å². The van der Waals surface area contributed by atoms with E-state index < -0.39 is 24.1 Å². The van der Waals surface area contributed by atoms with Gasteiger partial charge in [0.05, 0.1) is 23.7 Å². The third kappa shape index (κ3) is 6.60. The number of hydrogen-bond acceptors (Lipinski definition) is 8. The van der Waals surface area contributed by atoms with Gasteiger partial charge < -0.3 is 14.7 Å². The molecule has 1 unspecified atom stereocenters. The molecule has 4 heterocycles. The van der Waals surface area contributed by atoms with E-state index in [1.54, 1.807) is 22.8 Å². The summed E-state index contributed by atoms with van der Waals surface area (Å²) < 4.78 is 38.9. The van der Waals surface area contributed by atoms with Gasteiger partial charge in [0.2, 0.25) is 11.8 Å². The fourth-order valence-corrected chi connectivity index (χ4v) is 4.73. The fraction of sp³-hybridized carbons (Fsp3) is 0.500. The fourth-order valence-electron chi connectivity index (χ4n) is 4.73. The van der Waals surface area contributed by atoms with E-state index >= 15 is 0 Å². The Kier molecular flexibility index (Phi) is 8.30. The molecule has 3 aliphatic heterocycles. The van der Waals surface area contributed by atoms with Crippen LogP contribution in [0, 0.1) is 0 Å². The zero-order valence-corrected chi connectivity index (χ0v) is 21.0. The number of carboxylic acid groups (broad SMARTS) is 1. The lowest BCUT2D eigenvalue weighted by molar-refractivity contribution is -0.192. The van der Waals surface area contributed by atoms with Crippen LogP contribution in [0.4, 0.5) is 13.2 Å². The van der Waals surface area contributed by atoms with Crippen LogP contribution in [0.25, 0.3) is 5.69 Å². The molecule has 2 saturated heterocycles. The summed E-state index contributed by atoms with van der Waals surface area (Å²) in [7, 11) is 1.76. The number of fused-ring (bicyclic) bond motifs is 1. The first kappa shape index (κ1) is 28.2. The summed E-state index contributed by atoms with van der Waals surface area (Å²) in [6, 6.07) is 4.92. The maximum atomic E-state index is 12.9. The summed E-state index contributed by atoms with van der Waals surface area (Å²) in [5.41, 5.74) is 3.14. The number of benzene rings is 1. The standard InChI is InChI=1S/C22H26N6O4.C2HF3O2/c1-32-17-6-8-26(9-7-17)12-15-13-28(25-24-15)16-2-3-18-14(10-16)11-27(22(18)31)19-4-5-20(29)23-21(19)30;3-2(4,5)1(6)7/h2-3,10,13,17,19H,4-9,11-12H2,1H3,(H,23,29,30);(H,6,7). The Balaban J connectivity index is 0.000000448. The van der Waals surface area contributed by atoms with E-state index in [9.17, 15) is 27.6 Å². The van der Waals surface area contributed by atoms with Gasteiger partial charge in [0.25, 0.3) is 5.91 Å². The van der Waals surface area contributed by atoms with Crippen molar-refractivity contribution in [3.8, 4) is 5.69 Å². The minimum atomic E-state index is -5.08. The van der Waals surface area contributed by atoms with Crippen molar-refractivity contribution in [2.75, 3.05) is 20.2 Å². The second kappa shape index (κ2) is 11.5. The molecular weight excluding hydrogens is 525 g/mol. The van der Waals surface area contributed by atoms with Gasteiger partial charge in [0, 0.05) is 45.3 Å². The lowest BCUT2D eigenvalue weighted by Crippen LogP contribution is -2.52. The van der Waals surface area contributed by atoms with Gasteiger partial charge in [-0.2, -0.15) is 13.2 Å². The van der Waals surface area contributed by atoms with Crippen molar-refractivity contribution < 1.29 is 42.2 Å². The molecule has 2 aromatic rings. The van der Waals surface area contributed by atoms with Gasteiger partial charge in [0.15, 0.2) is 0 Å². The van der Waals surface area contributed by atoms with Crippen LogP contribution in [0.15, 0.2) is 24.4 Å². The zero-order chi connectivity index (χ0) is 28.3. The lowest BCUT2D eigenvalue weighted by Gasteiger charge is -2.30. The third-order valence-electron chi connectivity index (χ3n) is 6.81. The van der Waals surface area contributed by atoms with Crippen LogP contribution in [-0.4, -0.2) is 92.1 Å². The summed E-state index contributed by atoms with van der Waals surface area (Å²) in [6.07, 6.45) is -0.187. The van der Waals surface area contributed by atoms with Crippen LogP contribution >= 0.6 is 0 Å². The average molecular weight is 553 g/mol. The quantitative estimate of drug-likeness (QED) is 0.524. The number of amides is 3. The van der Waals surface area contributed by atoms with Crippen LogP contribution in [0.2, 0.25) is 0 Å². The molecule has 15 heteroatoms. The van der Waals surface area contributed by atoms with E-state index in [-0.39, 0.29) is 18.2 Å². The third-order valence-corrected chi connectivity index (χ3v) is 6.81. The highest BCUT2D eigenvalue weighted by Gasteiger charge is 2.39. The van der Waals surface area contributed by atoms with E-state index in [1.165, 1.54) is 0 Å². The summed E-state index contributed by atoms with van der Waals surface area (Å²) in [5, 5.41) is 18.0. The van der Waals surface area contributed by atoms with Crippen molar-refractivity contribution >= 4 is 23.7 Å². The van der Waals surface area contributed by atoms with Gasteiger partial charge in [0.1, 0.15) is 6.04 Å². The minimum absolute atomic E-state index is 0.181. The number of likely N-dealkylation sites (tertiary alicyclic amines) is 1. The number of halogens is 3. The molecule has 3 amide bonds. The number of nitrogens with one attached hydrogen (secondary N) is 1. The Morgan fingerprint density at radius 2 is 1.87 bits per heavy atom. The van der Waals surface area contributed by atoms with Gasteiger partial charge in [-0.3, -0.25) is 24.6 Å². The molecule has 5 rings (SSSR count). The molecule has 2 fully saturated rings. The molecule has 1 atom stereocenters. The Bertz CT molecular complexity index is 1260. The number of imide groups is 1. The molecule has 0 spiro atoms. The van der Waals surface area contributed by atoms with E-state index in [4.69, 9.17) is 14.6 Å². The van der Waals surface area contributed by atoms with Crippen molar-refractivity contribution in [2.24, 2.45) is 0 Å². The van der Waals surface area contributed by atoms with E-state index in [2.05, 4.69) is 20.5 Å². The van der Waals surface area contributed by atoms with Crippen molar-refractivity contribution in [1.82, 2.24) is 30.1 Å². The number of carbonyl (C=O) groups is 4. The summed E-state index contributed by atoms with van der Waals surface area (Å²) >= 11 is 0. The summed E-state index contributed by atoms with van der Waals surface area (Å²) in [6.45, 7) is 3.03. The number of aliphatic carboxylic acids is 1. The van der Waals surface area contributed by atoms with Crippen molar-refractivity contribution in [1.29, 1.82) is 0 Å². The molecule has 1 aromatic heterocycles. The highest BCUT2D eigenvalue weighted by atomic mass is 19.4. The number of carbonyl (C=O) groups excluding carboxylic acids is 3. The molecule has 210 valence electrons. The average Bonchev–Trinajstić information content (AvgIpc) is 3.48. The zero-order valence-electron chi connectivity index (χ0n) is 21.0. The number of hydrogen-bond donors (Lipinski definition) is 2.